The van der Waals surface area contributed by atoms with Crippen molar-refractivity contribution in [2.45, 2.75) is 31.5 Å². The maximum absolute atomic E-state index is 10.5. The number of esters is 1. The molecule has 0 unspecified atom stereocenters. The van der Waals surface area contributed by atoms with E-state index in [4.69, 9.17) is 9.84 Å². The molecule has 0 aromatic rings. The van der Waals surface area contributed by atoms with Crippen LogP contribution in [0.25, 0.3) is 0 Å². The molecule has 3 N–H and O–H groups in total. The fraction of sp³-hybridized carbons (Fsp3) is 0.857. The molecule has 13 heavy (non-hydrogen) atoms. The number of carbonyl (C=O) groups excluding carboxylic acids is 1. The fourth-order valence-electron chi connectivity index (χ4n) is 1.13. The Morgan fingerprint density at radius 1 is 1.46 bits per heavy atom. The molecule has 76 valence electrons. The number of rotatable bonds is 2. The van der Waals surface area contributed by atoms with Gasteiger partial charge in [-0.15, -0.1) is 0 Å². The molecule has 1 aliphatic heterocycles. The Kier molecular flexibility index (Phi) is 3.21. The normalized spacial score (nSPS) is 39.1. The Morgan fingerprint density at radius 3 is 2.46 bits per heavy atom. The first kappa shape index (κ1) is 10.4. The molecule has 0 saturated carbocycles. The average molecular weight is 192 g/mol. The summed E-state index contributed by atoms with van der Waals surface area (Å²) in [5.41, 5.74) is 0. The summed E-state index contributed by atoms with van der Waals surface area (Å²) in [6, 6.07) is 0. The maximum Gasteiger partial charge on any atom is 0.305 e. The molecule has 4 atom stereocenters. The summed E-state index contributed by atoms with van der Waals surface area (Å²) in [5, 5.41) is 27.1. The molecular formula is C7H12O6. The third-order valence-corrected chi connectivity index (χ3v) is 1.78. The molecule has 1 fully saturated rings. The van der Waals surface area contributed by atoms with Crippen LogP contribution in [-0.4, -0.2) is 52.5 Å². The van der Waals surface area contributed by atoms with E-state index in [1.54, 1.807) is 0 Å². The standard InChI is InChI=1S/C7H12O6/c1-3(9)12-7-6(11)5(10)4(2-8)13-7/h4-8,10-11H,2H2,1H3/t4-,5-,6+,7+/m1/s1. The van der Waals surface area contributed by atoms with Crippen LogP contribution in [0.3, 0.4) is 0 Å². The molecular weight excluding hydrogens is 180 g/mol. The summed E-state index contributed by atoms with van der Waals surface area (Å²) in [4.78, 5) is 10.5. The van der Waals surface area contributed by atoms with Crippen molar-refractivity contribution >= 4 is 5.97 Å². The Labute approximate surface area is 74.7 Å². The zero-order valence-corrected chi connectivity index (χ0v) is 7.08. The monoisotopic (exact) mass is 192 g/mol. The van der Waals surface area contributed by atoms with E-state index in [0.717, 1.165) is 6.92 Å². The number of hydrogen-bond acceptors (Lipinski definition) is 6. The summed E-state index contributed by atoms with van der Waals surface area (Å²) in [7, 11) is 0. The van der Waals surface area contributed by atoms with Crippen LogP contribution in [0.2, 0.25) is 0 Å². The van der Waals surface area contributed by atoms with Crippen LogP contribution in [0.4, 0.5) is 0 Å². The number of ether oxygens (including phenoxy) is 2. The number of hydrogen-bond donors (Lipinski definition) is 3. The van der Waals surface area contributed by atoms with Gasteiger partial charge in [-0.05, 0) is 0 Å². The van der Waals surface area contributed by atoms with Gasteiger partial charge in [0.15, 0.2) is 0 Å². The highest BCUT2D eigenvalue weighted by atomic mass is 16.7. The highest BCUT2D eigenvalue weighted by Crippen LogP contribution is 2.21. The lowest BCUT2D eigenvalue weighted by Crippen LogP contribution is -2.35. The average Bonchev–Trinajstić information content (AvgIpc) is 2.32. The van der Waals surface area contributed by atoms with Gasteiger partial charge in [-0.25, -0.2) is 0 Å². The van der Waals surface area contributed by atoms with E-state index in [1.165, 1.54) is 0 Å². The van der Waals surface area contributed by atoms with E-state index >= 15 is 0 Å². The predicted molar refractivity (Wildman–Crippen MR) is 39.5 cm³/mol. The zero-order chi connectivity index (χ0) is 10.0. The first-order chi connectivity index (χ1) is 6.06. The van der Waals surface area contributed by atoms with E-state index in [2.05, 4.69) is 4.74 Å². The van der Waals surface area contributed by atoms with Crippen LogP contribution in [0.1, 0.15) is 6.92 Å². The zero-order valence-electron chi connectivity index (χ0n) is 7.08. The molecule has 0 bridgehead atoms. The quantitative estimate of drug-likeness (QED) is 0.437. The van der Waals surface area contributed by atoms with Gasteiger partial charge in [-0.2, -0.15) is 0 Å². The molecule has 0 amide bonds. The van der Waals surface area contributed by atoms with Crippen LogP contribution in [0.15, 0.2) is 0 Å². The molecule has 0 radical (unpaired) electrons. The van der Waals surface area contributed by atoms with Crippen molar-refractivity contribution in [2.75, 3.05) is 6.61 Å². The molecule has 6 nitrogen and oxygen atoms in total. The molecule has 0 aromatic carbocycles. The second-order valence-corrected chi connectivity index (χ2v) is 2.82. The number of carbonyl (C=O) groups is 1. The molecule has 1 saturated heterocycles. The smallest absolute Gasteiger partial charge is 0.305 e. The van der Waals surface area contributed by atoms with E-state index in [0.29, 0.717) is 0 Å². The largest absolute Gasteiger partial charge is 0.433 e. The lowest BCUT2D eigenvalue weighted by molar-refractivity contribution is -0.187. The Morgan fingerprint density at radius 2 is 2.08 bits per heavy atom. The number of aliphatic hydroxyl groups excluding tert-OH is 3. The van der Waals surface area contributed by atoms with Crippen molar-refractivity contribution in [2.24, 2.45) is 0 Å². The van der Waals surface area contributed by atoms with E-state index in [9.17, 15) is 15.0 Å². The maximum atomic E-state index is 10.5. The van der Waals surface area contributed by atoms with Gasteiger partial charge in [0.25, 0.3) is 0 Å². The molecule has 1 aliphatic rings. The van der Waals surface area contributed by atoms with E-state index in [1.807, 2.05) is 0 Å². The second kappa shape index (κ2) is 4.01. The van der Waals surface area contributed by atoms with Crippen LogP contribution < -0.4 is 0 Å². The van der Waals surface area contributed by atoms with Gasteiger partial charge >= 0.3 is 5.97 Å². The highest BCUT2D eigenvalue weighted by Gasteiger charge is 2.44. The SMILES string of the molecule is CC(=O)O[C@H]1O[C@H](CO)[C@@H](O)[C@@H]1O. The summed E-state index contributed by atoms with van der Waals surface area (Å²) in [6.07, 6.45) is -4.63. The molecule has 1 heterocycles. The van der Waals surface area contributed by atoms with Crippen molar-refractivity contribution in [3.05, 3.63) is 0 Å². The van der Waals surface area contributed by atoms with Crippen LogP contribution in [0, 0.1) is 0 Å². The van der Waals surface area contributed by atoms with Gasteiger partial charge < -0.3 is 24.8 Å². The third-order valence-electron chi connectivity index (χ3n) is 1.78. The summed E-state index contributed by atoms with van der Waals surface area (Å²) < 4.78 is 9.40. The highest BCUT2D eigenvalue weighted by molar-refractivity contribution is 5.66. The van der Waals surface area contributed by atoms with Gasteiger partial charge in [0.05, 0.1) is 6.61 Å². The van der Waals surface area contributed by atoms with Crippen LogP contribution >= 0.6 is 0 Å². The van der Waals surface area contributed by atoms with E-state index < -0.39 is 37.2 Å². The summed E-state index contributed by atoms with van der Waals surface area (Å²) in [5.74, 6) is -0.616. The minimum atomic E-state index is -1.30. The van der Waals surface area contributed by atoms with E-state index in [-0.39, 0.29) is 0 Å². The summed E-state index contributed by atoms with van der Waals surface area (Å²) in [6.45, 7) is 0.727. The van der Waals surface area contributed by atoms with Crippen LogP contribution in [-0.2, 0) is 14.3 Å². The Balaban J connectivity index is 2.55. The summed E-state index contributed by atoms with van der Waals surface area (Å²) >= 11 is 0. The Hall–Kier alpha value is -0.690. The lowest BCUT2D eigenvalue weighted by atomic mass is 10.1. The topological polar surface area (TPSA) is 96.2 Å². The van der Waals surface area contributed by atoms with Gasteiger partial charge in [-0.3, -0.25) is 4.79 Å². The van der Waals surface area contributed by atoms with Crippen molar-refractivity contribution in [1.82, 2.24) is 0 Å². The molecule has 0 aliphatic carbocycles. The predicted octanol–water partition coefficient (Wildman–Crippen LogP) is -2.01. The van der Waals surface area contributed by atoms with Crippen molar-refractivity contribution < 1.29 is 29.6 Å². The molecule has 0 aromatic heterocycles. The lowest BCUT2D eigenvalue weighted by Gasteiger charge is -2.13. The van der Waals surface area contributed by atoms with Crippen LogP contribution in [0.5, 0.6) is 0 Å². The van der Waals surface area contributed by atoms with Crippen molar-refractivity contribution in [1.29, 1.82) is 0 Å². The molecule has 0 spiro atoms. The fourth-order valence-corrected chi connectivity index (χ4v) is 1.13. The van der Waals surface area contributed by atoms with Crippen molar-refractivity contribution in [3.8, 4) is 0 Å². The van der Waals surface area contributed by atoms with Crippen molar-refractivity contribution in [3.63, 3.8) is 0 Å². The third kappa shape index (κ3) is 2.16. The first-order valence-corrected chi connectivity index (χ1v) is 3.86. The minimum Gasteiger partial charge on any atom is -0.433 e. The van der Waals surface area contributed by atoms with Gasteiger partial charge in [0.1, 0.15) is 18.3 Å². The second-order valence-electron chi connectivity index (χ2n) is 2.82. The molecule has 6 heteroatoms. The number of aliphatic hydroxyl groups is 3. The Bertz CT molecular complexity index is 193. The van der Waals surface area contributed by atoms with Gasteiger partial charge in [-0.1, -0.05) is 0 Å². The minimum absolute atomic E-state index is 0.435. The molecule has 1 rings (SSSR count). The van der Waals surface area contributed by atoms with Gasteiger partial charge in [0, 0.05) is 6.92 Å². The first-order valence-electron chi connectivity index (χ1n) is 3.86. The van der Waals surface area contributed by atoms with Gasteiger partial charge in [0.2, 0.25) is 6.29 Å².